The van der Waals surface area contributed by atoms with Gasteiger partial charge in [0.1, 0.15) is 11.6 Å². The molecule has 0 radical (unpaired) electrons. The van der Waals surface area contributed by atoms with E-state index in [4.69, 9.17) is 10.6 Å². The minimum Gasteiger partial charge on any atom is -0.459 e. The van der Waals surface area contributed by atoms with Gasteiger partial charge in [-0.2, -0.15) is 0 Å². The molecule has 0 spiro atoms. The summed E-state index contributed by atoms with van der Waals surface area (Å²) in [5.41, 5.74) is 2.01. The van der Waals surface area contributed by atoms with Gasteiger partial charge in [0.15, 0.2) is 0 Å². The minimum atomic E-state index is -0.445. The second-order valence-electron chi connectivity index (χ2n) is 4.04. The molecular formula is C9H21BrN2O2. The van der Waals surface area contributed by atoms with E-state index in [2.05, 4.69) is 5.43 Å². The quantitative estimate of drug-likeness (QED) is 0.461. The fraction of sp³-hybridized carbons (Fsp3) is 0.889. The maximum absolute atomic E-state index is 11.4. The Bertz CT molecular complexity index is 169. The summed E-state index contributed by atoms with van der Waals surface area (Å²) in [6, 6.07) is -0.385. The number of hydrogen-bond acceptors (Lipinski definition) is 4. The maximum atomic E-state index is 11.4. The third-order valence-corrected chi connectivity index (χ3v) is 1.47. The molecule has 0 unspecified atom stereocenters. The summed E-state index contributed by atoms with van der Waals surface area (Å²) < 4.78 is 5.16. The molecular weight excluding hydrogens is 248 g/mol. The van der Waals surface area contributed by atoms with Crippen molar-refractivity contribution in [2.24, 2.45) is 5.84 Å². The average molecular weight is 269 g/mol. The predicted octanol–water partition coefficient (Wildman–Crippen LogP) is 1.54. The van der Waals surface area contributed by atoms with Crippen LogP contribution in [0.2, 0.25) is 0 Å². The lowest BCUT2D eigenvalue weighted by molar-refractivity contribution is -0.157. The Hall–Kier alpha value is -0.130. The molecule has 0 aromatic carbocycles. The van der Waals surface area contributed by atoms with Crippen molar-refractivity contribution in [3.05, 3.63) is 0 Å². The van der Waals surface area contributed by atoms with Gasteiger partial charge >= 0.3 is 5.97 Å². The van der Waals surface area contributed by atoms with Crippen LogP contribution in [0.15, 0.2) is 0 Å². The van der Waals surface area contributed by atoms with Gasteiger partial charge in [0, 0.05) is 0 Å². The molecule has 0 saturated heterocycles. The van der Waals surface area contributed by atoms with Crippen LogP contribution in [0.4, 0.5) is 0 Å². The first kappa shape index (κ1) is 16.3. The van der Waals surface area contributed by atoms with Gasteiger partial charge in [-0.1, -0.05) is 13.3 Å². The van der Waals surface area contributed by atoms with Crippen LogP contribution < -0.4 is 11.3 Å². The van der Waals surface area contributed by atoms with E-state index in [9.17, 15) is 4.79 Å². The molecule has 86 valence electrons. The number of carbonyl (C=O) groups excluding carboxylic acids is 1. The molecule has 14 heavy (non-hydrogen) atoms. The molecule has 0 fully saturated rings. The summed E-state index contributed by atoms with van der Waals surface area (Å²) in [5, 5.41) is 0. The zero-order chi connectivity index (χ0) is 10.5. The van der Waals surface area contributed by atoms with Gasteiger partial charge < -0.3 is 4.74 Å². The van der Waals surface area contributed by atoms with E-state index < -0.39 is 5.60 Å². The van der Waals surface area contributed by atoms with Gasteiger partial charge in [0.25, 0.3) is 0 Å². The van der Waals surface area contributed by atoms with E-state index >= 15 is 0 Å². The lowest BCUT2D eigenvalue weighted by atomic mass is 10.1. The van der Waals surface area contributed by atoms with Crippen LogP contribution in [0.3, 0.4) is 0 Å². The van der Waals surface area contributed by atoms with E-state index in [-0.39, 0.29) is 29.0 Å². The van der Waals surface area contributed by atoms with Crippen LogP contribution in [0.1, 0.15) is 40.5 Å². The van der Waals surface area contributed by atoms with E-state index in [0.717, 1.165) is 6.42 Å². The first-order chi connectivity index (χ1) is 5.90. The number of halogens is 1. The molecule has 0 rings (SSSR count). The molecule has 0 aliphatic heterocycles. The lowest BCUT2D eigenvalue weighted by Crippen LogP contribution is -2.44. The Labute approximate surface area is 96.3 Å². The molecule has 5 heteroatoms. The van der Waals surface area contributed by atoms with Crippen molar-refractivity contribution < 1.29 is 9.53 Å². The molecule has 0 heterocycles. The monoisotopic (exact) mass is 268 g/mol. The highest BCUT2D eigenvalue weighted by Crippen LogP contribution is 2.09. The molecule has 3 N–H and O–H groups in total. The normalized spacial score (nSPS) is 12.9. The summed E-state index contributed by atoms with van der Waals surface area (Å²) >= 11 is 0. The number of hydrazine groups is 1. The standard InChI is InChI=1S/C9H20N2O2.BrH/c1-5-6-7(11-10)8(12)13-9(2,3)4;/h7,11H,5-6,10H2,1-4H3;1H/t7-;/m0./s1. The van der Waals surface area contributed by atoms with Crippen molar-refractivity contribution in [2.45, 2.75) is 52.2 Å². The summed E-state index contributed by atoms with van der Waals surface area (Å²) in [4.78, 5) is 11.4. The maximum Gasteiger partial charge on any atom is 0.324 e. The predicted molar refractivity (Wildman–Crippen MR) is 62.2 cm³/mol. The largest absolute Gasteiger partial charge is 0.459 e. The average Bonchev–Trinajstić information content (AvgIpc) is 1.96. The summed E-state index contributed by atoms with van der Waals surface area (Å²) in [5.74, 6) is 4.95. The number of esters is 1. The Balaban J connectivity index is 0. The molecule has 0 amide bonds. The molecule has 0 saturated carbocycles. The Morgan fingerprint density at radius 2 is 2.00 bits per heavy atom. The lowest BCUT2D eigenvalue weighted by Gasteiger charge is -2.23. The molecule has 0 aromatic rings. The Morgan fingerprint density at radius 3 is 2.29 bits per heavy atom. The molecule has 0 aliphatic rings. The fourth-order valence-electron chi connectivity index (χ4n) is 0.931. The van der Waals surface area contributed by atoms with Crippen molar-refractivity contribution in [2.75, 3.05) is 0 Å². The van der Waals surface area contributed by atoms with E-state index in [0.29, 0.717) is 6.42 Å². The van der Waals surface area contributed by atoms with Crippen LogP contribution in [0.25, 0.3) is 0 Å². The van der Waals surface area contributed by atoms with Crippen LogP contribution >= 0.6 is 17.0 Å². The summed E-state index contributed by atoms with van der Waals surface area (Å²) in [6.07, 6.45) is 1.60. The van der Waals surface area contributed by atoms with Gasteiger partial charge in [-0.3, -0.25) is 10.6 Å². The number of ether oxygens (including phenoxy) is 1. The highest BCUT2D eigenvalue weighted by Gasteiger charge is 2.23. The Kier molecular flexibility index (Phi) is 8.39. The molecule has 4 nitrogen and oxygen atoms in total. The van der Waals surface area contributed by atoms with Crippen LogP contribution in [-0.4, -0.2) is 17.6 Å². The van der Waals surface area contributed by atoms with Crippen molar-refractivity contribution in [1.29, 1.82) is 0 Å². The van der Waals surface area contributed by atoms with Gasteiger partial charge in [0.2, 0.25) is 0 Å². The zero-order valence-corrected chi connectivity index (χ0v) is 11.0. The second kappa shape index (κ2) is 7.20. The number of hydrogen-bond donors (Lipinski definition) is 2. The van der Waals surface area contributed by atoms with Crippen LogP contribution in [-0.2, 0) is 9.53 Å². The number of nitrogens with two attached hydrogens (primary N) is 1. The number of nitrogens with one attached hydrogen (secondary N) is 1. The zero-order valence-electron chi connectivity index (χ0n) is 9.29. The molecule has 0 bridgehead atoms. The van der Waals surface area contributed by atoms with E-state index in [1.165, 1.54) is 0 Å². The molecule has 0 aliphatic carbocycles. The van der Waals surface area contributed by atoms with Gasteiger partial charge in [-0.25, -0.2) is 5.43 Å². The molecule has 0 aromatic heterocycles. The van der Waals surface area contributed by atoms with Gasteiger partial charge in [0.05, 0.1) is 0 Å². The van der Waals surface area contributed by atoms with Crippen molar-refractivity contribution in [1.82, 2.24) is 5.43 Å². The highest BCUT2D eigenvalue weighted by molar-refractivity contribution is 8.93. The third kappa shape index (κ3) is 7.29. The van der Waals surface area contributed by atoms with Crippen LogP contribution in [0, 0.1) is 0 Å². The summed E-state index contributed by atoms with van der Waals surface area (Å²) in [7, 11) is 0. The van der Waals surface area contributed by atoms with Crippen molar-refractivity contribution in [3.63, 3.8) is 0 Å². The minimum absolute atomic E-state index is 0. The smallest absolute Gasteiger partial charge is 0.324 e. The summed E-state index contributed by atoms with van der Waals surface area (Å²) in [6.45, 7) is 7.51. The second-order valence-corrected chi connectivity index (χ2v) is 4.04. The fourth-order valence-corrected chi connectivity index (χ4v) is 0.931. The van der Waals surface area contributed by atoms with E-state index in [1.807, 2.05) is 27.7 Å². The Morgan fingerprint density at radius 1 is 1.50 bits per heavy atom. The van der Waals surface area contributed by atoms with Crippen molar-refractivity contribution in [3.8, 4) is 0 Å². The van der Waals surface area contributed by atoms with E-state index in [1.54, 1.807) is 0 Å². The highest BCUT2D eigenvalue weighted by atomic mass is 79.9. The van der Waals surface area contributed by atoms with Gasteiger partial charge in [-0.05, 0) is 27.2 Å². The third-order valence-electron chi connectivity index (χ3n) is 1.47. The first-order valence-electron chi connectivity index (χ1n) is 4.59. The molecule has 1 atom stereocenters. The van der Waals surface area contributed by atoms with Crippen molar-refractivity contribution >= 4 is 23.0 Å². The number of rotatable bonds is 4. The SMILES string of the molecule is Br.CCC[C@H](NN)C(=O)OC(C)(C)C. The topological polar surface area (TPSA) is 64.3 Å². The van der Waals surface area contributed by atoms with Crippen LogP contribution in [0.5, 0.6) is 0 Å². The number of carbonyl (C=O) groups is 1. The first-order valence-corrected chi connectivity index (χ1v) is 4.59. The van der Waals surface area contributed by atoms with Gasteiger partial charge in [-0.15, -0.1) is 17.0 Å².